The maximum atomic E-state index is 13.4. The Kier molecular flexibility index (Phi) is 15.6. The molecule has 2 amide bonds. The first kappa shape index (κ1) is 50.6. The summed E-state index contributed by atoms with van der Waals surface area (Å²) in [6.45, 7) is 23.3. The summed E-state index contributed by atoms with van der Waals surface area (Å²) in [4.78, 5) is 48.2. The first-order valence-electron chi connectivity index (χ1n) is 21.5. The van der Waals surface area contributed by atoms with Crippen LogP contribution in [-0.4, -0.2) is 110 Å². The number of hydrogen-bond acceptors (Lipinski definition) is 13. The standard InChI is InChI=1S/C27H40N4O5Si.C21H26N4O4/c1-17-22(26(32)30-27(2,3)4)23-25(31(17)16-36-11-12-37(8,9)10)28-15-19(29-23)18-13-20(33-5)24(35-7)21(14-18)34-6;1-11-16(20(26)25-21(2,3)4)17-19(23-11)22-10-13(24-17)12-8-14(27-5)18(29-7)15(9-12)28-6/h13-15H,11-12,16H2,1-10H3,(H,30,32);8-10H,1-7H3,(H,22,23)(H,25,26). The fourth-order valence-electron chi connectivity index (χ4n) is 7.07. The number of rotatable bonds is 15. The fourth-order valence-corrected chi connectivity index (χ4v) is 7.83. The normalized spacial score (nSPS) is 11.8. The molecule has 0 unspecified atom stereocenters. The quantitative estimate of drug-likeness (QED) is 0.0654. The van der Waals surface area contributed by atoms with Crippen LogP contribution in [0.3, 0.4) is 0 Å². The Hall–Kier alpha value is -6.40. The van der Waals surface area contributed by atoms with Crippen LogP contribution in [0.25, 0.3) is 44.8 Å². The highest BCUT2D eigenvalue weighted by atomic mass is 28.3. The number of methoxy groups -OCH3 is 6. The summed E-state index contributed by atoms with van der Waals surface area (Å²) in [6, 6.07) is 8.28. The Labute approximate surface area is 388 Å². The number of aromatic amines is 1. The van der Waals surface area contributed by atoms with E-state index in [1.807, 2.05) is 72.1 Å². The molecule has 0 aliphatic heterocycles. The van der Waals surface area contributed by atoms with Gasteiger partial charge in [0.25, 0.3) is 11.8 Å². The van der Waals surface area contributed by atoms with Crippen LogP contribution in [0.2, 0.25) is 25.7 Å². The Balaban J connectivity index is 0.000000255. The second kappa shape index (κ2) is 20.4. The summed E-state index contributed by atoms with van der Waals surface area (Å²) < 4.78 is 40.7. The molecule has 66 heavy (non-hydrogen) atoms. The van der Waals surface area contributed by atoms with E-state index in [0.29, 0.717) is 98.4 Å². The third kappa shape index (κ3) is 11.7. The van der Waals surface area contributed by atoms with E-state index in [9.17, 15) is 9.59 Å². The molecule has 0 saturated heterocycles. The summed E-state index contributed by atoms with van der Waals surface area (Å²) in [5.74, 6) is 2.63. The summed E-state index contributed by atoms with van der Waals surface area (Å²) in [7, 11) is 8.13. The van der Waals surface area contributed by atoms with Crippen LogP contribution in [0.1, 0.15) is 73.6 Å². The van der Waals surface area contributed by atoms with Gasteiger partial charge in [0.05, 0.1) is 77.6 Å². The lowest BCUT2D eigenvalue weighted by Crippen LogP contribution is -2.40. The summed E-state index contributed by atoms with van der Waals surface area (Å²) in [5, 5.41) is 6.05. The van der Waals surface area contributed by atoms with Gasteiger partial charge in [-0.05, 0) is 85.7 Å². The van der Waals surface area contributed by atoms with E-state index >= 15 is 0 Å². The highest BCUT2D eigenvalue weighted by Gasteiger charge is 2.27. The molecule has 0 aliphatic rings. The van der Waals surface area contributed by atoms with Crippen molar-refractivity contribution in [1.29, 1.82) is 0 Å². The van der Waals surface area contributed by atoms with Gasteiger partial charge in [0.2, 0.25) is 11.5 Å². The zero-order valence-corrected chi connectivity index (χ0v) is 42.5. The summed E-state index contributed by atoms with van der Waals surface area (Å²) in [6.07, 6.45) is 3.33. The fraction of sp³-hybridized carbons (Fsp3) is 0.458. The van der Waals surface area contributed by atoms with Crippen molar-refractivity contribution in [3.8, 4) is 57.0 Å². The molecule has 4 heterocycles. The van der Waals surface area contributed by atoms with Crippen LogP contribution in [0.5, 0.6) is 34.5 Å². The lowest BCUT2D eigenvalue weighted by molar-refractivity contribution is 0.0873. The Morgan fingerprint density at radius 3 is 1.52 bits per heavy atom. The van der Waals surface area contributed by atoms with Gasteiger partial charge in [0.1, 0.15) is 17.8 Å². The van der Waals surface area contributed by atoms with E-state index in [1.165, 1.54) is 0 Å². The molecular weight excluding hydrogens is 861 g/mol. The minimum Gasteiger partial charge on any atom is -0.493 e. The largest absolute Gasteiger partial charge is 0.493 e. The zero-order chi connectivity index (χ0) is 48.9. The average molecular weight is 927 g/mol. The minimum absolute atomic E-state index is 0.197. The Morgan fingerprint density at radius 2 is 1.09 bits per heavy atom. The van der Waals surface area contributed by atoms with Gasteiger partial charge in [0.15, 0.2) is 34.3 Å². The molecule has 3 N–H and O–H groups in total. The van der Waals surface area contributed by atoms with E-state index in [0.717, 1.165) is 22.9 Å². The Bertz CT molecular complexity index is 2660. The molecule has 6 aromatic rings. The topological polar surface area (TPSA) is 195 Å². The molecule has 0 spiro atoms. The van der Waals surface area contributed by atoms with Crippen LogP contribution in [0, 0.1) is 13.8 Å². The van der Waals surface area contributed by atoms with E-state index in [-0.39, 0.29) is 17.4 Å². The zero-order valence-electron chi connectivity index (χ0n) is 41.5. The highest BCUT2D eigenvalue weighted by molar-refractivity contribution is 6.76. The van der Waals surface area contributed by atoms with E-state index in [2.05, 4.69) is 40.2 Å². The van der Waals surface area contributed by atoms with Gasteiger partial charge in [0, 0.05) is 48.3 Å². The summed E-state index contributed by atoms with van der Waals surface area (Å²) in [5.41, 5.74) is 6.45. The molecule has 6 rings (SSSR count). The van der Waals surface area contributed by atoms with Crippen molar-refractivity contribution in [2.24, 2.45) is 0 Å². The maximum absolute atomic E-state index is 13.4. The van der Waals surface area contributed by atoms with Gasteiger partial charge in [-0.1, -0.05) is 19.6 Å². The lowest BCUT2D eigenvalue weighted by atomic mass is 10.1. The Morgan fingerprint density at radius 1 is 0.652 bits per heavy atom. The third-order valence-corrected chi connectivity index (χ3v) is 12.0. The third-order valence-electron chi connectivity index (χ3n) is 10.3. The van der Waals surface area contributed by atoms with Crippen LogP contribution in [0.4, 0.5) is 0 Å². The molecule has 0 saturated carbocycles. The second-order valence-electron chi connectivity index (χ2n) is 19.0. The van der Waals surface area contributed by atoms with Gasteiger partial charge < -0.3 is 53.3 Å². The van der Waals surface area contributed by atoms with Crippen LogP contribution in [0.15, 0.2) is 36.7 Å². The lowest BCUT2D eigenvalue weighted by Gasteiger charge is -2.20. The van der Waals surface area contributed by atoms with Gasteiger partial charge in [-0.25, -0.2) is 19.9 Å². The highest BCUT2D eigenvalue weighted by Crippen LogP contribution is 2.42. The van der Waals surface area contributed by atoms with Crippen molar-refractivity contribution < 1.29 is 42.7 Å². The first-order valence-corrected chi connectivity index (χ1v) is 25.2. The molecular formula is C48H66N8O9Si. The number of aryl methyl sites for hydroxylation is 1. The molecule has 0 bridgehead atoms. The van der Waals surface area contributed by atoms with E-state index in [1.54, 1.807) is 67.2 Å². The minimum atomic E-state index is -1.23. The predicted octanol–water partition coefficient (Wildman–Crippen LogP) is 8.76. The van der Waals surface area contributed by atoms with Gasteiger partial charge in [-0.2, -0.15) is 0 Å². The number of nitrogens with one attached hydrogen (secondary N) is 3. The number of fused-ring (bicyclic) bond motifs is 2. The SMILES string of the molecule is COc1cc(-c2cnc3[nH]c(C)c(C(=O)NC(C)(C)C)c3n2)cc(OC)c1OC.COc1cc(-c2cnc3c(n2)c(C(=O)NC(C)(C)C)c(C)n3COCC[Si](C)(C)C)cc(OC)c1OC. The van der Waals surface area contributed by atoms with Crippen LogP contribution >= 0.6 is 0 Å². The number of amides is 2. The van der Waals surface area contributed by atoms with Crippen molar-refractivity contribution in [3.05, 3.63) is 59.2 Å². The molecule has 0 atom stereocenters. The van der Waals surface area contributed by atoms with Gasteiger partial charge in [-0.15, -0.1) is 0 Å². The van der Waals surface area contributed by atoms with E-state index < -0.39 is 13.6 Å². The maximum Gasteiger partial charge on any atom is 0.255 e. The number of H-pyrrole nitrogens is 1. The molecule has 0 aliphatic carbocycles. The molecule has 0 radical (unpaired) electrons. The molecule has 2 aromatic carbocycles. The van der Waals surface area contributed by atoms with Crippen molar-refractivity contribution in [2.45, 2.75) is 98.9 Å². The van der Waals surface area contributed by atoms with Crippen molar-refractivity contribution >= 4 is 42.2 Å². The van der Waals surface area contributed by atoms with Crippen molar-refractivity contribution in [2.75, 3.05) is 49.3 Å². The molecule has 18 heteroatoms. The number of carbonyl (C=O) groups is 2. The van der Waals surface area contributed by atoms with Crippen LogP contribution in [-0.2, 0) is 11.5 Å². The molecule has 356 valence electrons. The molecule has 0 fully saturated rings. The monoisotopic (exact) mass is 926 g/mol. The second-order valence-corrected chi connectivity index (χ2v) is 24.6. The number of benzene rings is 2. The number of aromatic nitrogens is 6. The van der Waals surface area contributed by atoms with Gasteiger partial charge >= 0.3 is 0 Å². The number of carbonyl (C=O) groups excluding carboxylic acids is 2. The van der Waals surface area contributed by atoms with Crippen molar-refractivity contribution in [1.82, 2.24) is 40.1 Å². The molecule has 4 aromatic heterocycles. The van der Waals surface area contributed by atoms with Crippen LogP contribution < -0.4 is 39.1 Å². The van der Waals surface area contributed by atoms with Gasteiger partial charge in [-0.3, -0.25) is 9.59 Å². The average Bonchev–Trinajstić information content (AvgIpc) is 3.73. The smallest absolute Gasteiger partial charge is 0.255 e. The predicted molar refractivity (Wildman–Crippen MR) is 260 cm³/mol. The van der Waals surface area contributed by atoms with E-state index in [4.69, 9.17) is 48.1 Å². The van der Waals surface area contributed by atoms with Crippen molar-refractivity contribution in [3.63, 3.8) is 0 Å². The number of nitrogens with zero attached hydrogens (tertiary/aromatic N) is 5. The molecule has 17 nitrogen and oxygen atoms in total. The number of ether oxygens (including phenoxy) is 7. The first-order chi connectivity index (χ1) is 31.0. The number of hydrogen-bond donors (Lipinski definition) is 3. The summed E-state index contributed by atoms with van der Waals surface area (Å²) >= 11 is 0.